The van der Waals surface area contributed by atoms with Crippen LogP contribution in [0.3, 0.4) is 0 Å². The Morgan fingerprint density at radius 1 is 0.711 bits per heavy atom. The number of amides is 4. The lowest BCUT2D eigenvalue weighted by Gasteiger charge is -2.26. The minimum absolute atomic E-state index is 0.00226. The summed E-state index contributed by atoms with van der Waals surface area (Å²) in [6.45, 7) is 9.03. The van der Waals surface area contributed by atoms with Gasteiger partial charge in [-0.05, 0) is 71.2 Å². The fourth-order valence-corrected chi connectivity index (χ4v) is 3.94. The lowest BCUT2D eigenvalue weighted by Crippen LogP contribution is -2.54. The van der Waals surface area contributed by atoms with E-state index in [1.807, 2.05) is 6.07 Å². The number of benzene rings is 2. The predicted octanol–water partition coefficient (Wildman–Crippen LogP) is 1.49. The van der Waals surface area contributed by atoms with Crippen LogP contribution in [0.1, 0.15) is 52.7 Å². The molecule has 13 heteroatoms. The van der Waals surface area contributed by atoms with Crippen LogP contribution in [-0.2, 0) is 41.5 Å². The summed E-state index contributed by atoms with van der Waals surface area (Å²) in [4.78, 5) is 62.9. The molecular weight excluding hydrogens is 584 g/mol. The molecule has 0 aliphatic carbocycles. The Bertz CT molecular complexity index is 1300. The van der Waals surface area contributed by atoms with Crippen molar-refractivity contribution in [2.75, 3.05) is 13.1 Å². The average molecular weight is 629 g/mol. The summed E-state index contributed by atoms with van der Waals surface area (Å²) in [7, 11) is 0. The molecule has 45 heavy (non-hydrogen) atoms. The van der Waals surface area contributed by atoms with E-state index in [-0.39, 0.29) is 18.6 Å². The largest absolute Gasteiger partial charge is 0.508 e. The van der Waals surface area contributed by atoms with E-state index >= 15 is 0 Å². The van der Waals surface area contributed by atoms with Crippen molar-refractivity contribution in [1.82, 2.24) is 21.3 Å². The van der Waals surface area contributed by atoms with Crippen molar-refractivity contribution < 1.29 is 43.7 Å². The van der Waals surface area contributed by atoms with Crippen molar-refractivity contribution in [2.45, 2.75) is 83.8 Å². The van der Waals surface area contributed by atoms with Gasteiger partial charge in [-0.3, -0.25) is 14.4 Å². The molecular formula is C32H44N4O9. The number of phenolic OH excluding ortho intramolecular Hbond substituents is 1. The highest BCUT2D eigenvalue weighted by Crippen LogP contribution is 2.14. The first-order valence-electron chi connectivity index (χ1n) is 14.5. The normalized spacial score (nSPS) is 13.4. The molecule has 3 atom stereocenters. The maximum atomic E-state index is 12.8. The maximum Gasteiger partial charge on any atom is 0.407 e. The van der Waals surface area contributed by atoms with E-state index in [4.69, 9.17) is 9.47 Å². The van der Waals surface area contributed by atoms with E-state index in [9.17, 15) is 34.2 Å². The number of aliphatic hydroxyl groups excluding tert-OH is 1. The van der Waals surface area contributed by atoms with Gasteiger partial charge in [0.05, 0.1) is 19.1 Å². The van der Waals surface area contributed by atoms with Crippen molar-refractivity contribution in [2.24, 2.45) is 0 Å². The van der Waals surface area contributed by atoms with Gasteiger partial charge in [0.25, 0.3) is 5.91 Å². The Morgan fingerprint density at radius 2 is 1.27 bits per heavy atom. The number of hydrogen-bond acceptors (Lipinski definition) is 9. The maximum absolute atomic E-state index is 12.8. The fraction of sp³-hybridized carbons (Fsp3) is 0.469. The molecule has 246 valence electrons. The minimum atomic E-state index is -1.78. The lowest BCUT2D eigenvalue weighted by molar-refractivity contribution is -0.158. The molecule has 2 aromatic rings. The summed E-state index contributed by atoms with van der Waals surface area (Å²) >= 11 is 0. The zero-order valence-corrected chi connectivity index (χ0v) is 26.5. The van der Waals surface area contributed by atoms with E-state index < -0.39 is 72.3 Å². The number of phenols is 1. The van der Waals surface area contributed by atoms with Crippen molar-refractivity contribution in [3.05, 3.63) is 65.7 Å². The third-order valence-corrected chi connectivity index (χ3v) is 5.92. The highest BCUT2D eigenvalue weighted by molar-refractivity contribution is 5.91. The second-order valence-electron chi connectivity index (χ2n) is 12.4. The van der Waals surface area contributed by atoms with E-state index in [2.05, 4.69) is 21.3 Å². The van der Waals surface area contributed by atoms with Gasteiger partial charge in [-0.1, -0.05) is 42.5 Å². The monoisotopic (exact) mass is 628 g/mol. The molecule has 2 aromatic carbocycles. The molecule has 4 amide bonds. The predicted molar refractivity (Wildman–Crippen MR) is 165 cm³/mol. The molecule has 0 aliphatic heterocycles. The molecule has 0 radical (unpaired) electrons. The number of rotatable bonds is 13. The topological polar surface area (TPSA) is 192 Å². The van der Waals surface area contributed by atoms with Gasteiger partial charge < -0.3 is 41.0 Å². The second kappa shape index (κ2) is 16.4. The molecule has 0 aromatic heterocycles. The van der Waals surface area contributed by atoms with Gasteiger partial charge in [0.15, 0.2) is 6.10 Å². The van der Waals surface area contributed by atoms with E-state index in [1.54, 1.807) is 77.9 Å². The molecule has 0 aliphatic rings. The first-order chi connectivity index (χ1) is 20.9. The smallest absolute Gasteiger partial charge is 0.407 e. The molecule has 0 fully saturated rings. The first kappa shape index (κ1) is 36.5. The summed E-state index contributed by atoms with van der Waals surface area (Å²) in [5, 5.41) is 30.0. The van der Waals surface area contributed by atoms with Gasteiger partial charge >= 0.3 is 12.1 Å². The quantitative estimate of drug-likeness (QED) is 0.178. The van der Waals surface area contributed by atoms with Gasteiger partial charge in [0.2, 0.25) is 11.8 Å². The Morgan fingerprint density at radius 3 is 1.84 bits per heavy atom. The fourth-order valence-electron chi connectivity index (χ4n) is 3.94. The van der Waals surface area contributed by atoms with Crippen LogP contribution in [0.4, 0.5) is 4.79 Å². The standard InChI is InChI=1S/C32H44N4O9/c1-31(2,3)44-29(42)24(17-20-10-8-7-9-11-20)35-26(39)19-33-25(38)18-34-28(41)27(40)23(36-30(43)45-32(4,5)6)16-21-12-14-22(37)15-13-21/h7-15,23-24,27,37,40H,16-19H2,1-6H3,(H,33,38)(H,34,41)(H,35,39)(H,36,43)/t23-,24+,27+/m1/s1. The third kappa shape index (κ3) is 14.6. The van der Waals surface area contributed by atoms with E-state index in [1.165, 1.54) is 12.1 Å². The highest BCUT2D eigenvalue weighted by Gasteiger charge is 2.30. The molecule has 0 unspecified atom stereocenters. The number of carbonyl (C=O) groups is 5. The van der Waals surface area contributed by atoms with Crippen LogP contribution in [0.25, 0.3) is 0 Å². The molecule has 13 nitrogen and oxygen atoms in total. The Labute approximate surface area is 263 Å². The molecule has 0 saturated heterocycles. The number of aliphatic hydroxyl groups is 1. The Balaban J connectivity index is 1.95. The highest BCUT2D eigenvalue weighted by atomic mass is 16.6. The van der Waals surface area contributed by atoms with Crippen LogP contribution < -0.4 is 21.3 Å². The third-order valence-electron chi connectivity index (χ3n) is 5.92. The van der Waals surface area contributed by atoms with Crippen LogP contribution >= 0.6 is 0 Å². The average Bonchev–Trinajstić information content (AvgIpc) is 2.93. The number of ether oxygens (including phenoxy) is 2. The number of carbonyl (C=O) groups excluding carboxylic acids is 5. The molecule has 2 rings (SSSR count). The summed E-state index contributed by atoms with van der Waals surface area (Å²) in [6.07, 6.45) is -2.47. The van der Waals surface area contributed by atoms with Crippen molar-refractivity contribution >= 4 is 29.8 Å². The van der Waals surface area contributed by atoms with Crippen molar-refractivity contribution in [1.29, 1.82) is 0 Å². The van der Waals surface area contributed by atoms with Gasteiger partial charge in [0.1, 0.15) is 23.0 Å². The summed E-state index contributed by atoms with van der Waals surface area (Å²) < 4.78 is 10.7. The van der Waals surface area contributed by atoms with Crippen LogP contribution in [0.2, 0.25) is 0 Å². The zero-order valence-electron chi connectivity index (χ0n) is 26.5. The van der Waals surface area contributed by atoms with Crippen LogP contribution in [-0.4, -0.2) is 82.5 Å². The lowest BCUT2D eigenvalue weighted by atomic mass is 10.0. The molecule has 0 heterocycles. The van der Waals surface area contributed by atoms with Crippen molar-refractivity contribution in [3.8, 4) is 5.75 Å². The van der Waals surface area contributed by atoms with Crippen LogP contribution in [0.5, 0.6) is 5.75 Å². The first-order valence-corrected chi connectivity index (χ1v) is 14.5. The van der Waals surface area contributed by atoms with Gasteiger partial charge in [-0.15, -0.1) is 0 Å². The zero-order chi connectivity index (χ0) is 33.8. The molecule has 0 bridgehead atoms. The second-order valence-corrected chi connectivity index (χ2v) is 12.4. The number of hydrogen-bond donors (Lipinski definition) is 6. The van der Waals surface area contributed by atoms with Crippen molar-refractivity contribution in [3.63, 3.8) is 0 Å². The number of nitrogens with one attached hydrogen (secondary N) is 4. The van der Waals surface area contributed by atoms with Crippen LogP contribution in [0, 0.1) is 0 Å². The number of esters is 1. The SMILES string of the molecule is CC(C)(C)OC(=O)N[C@H](Cc1ccc(O)cc1)[C@H](O)C(=O)NCC(=O)NCC(=O)N[C@@H](Cc1ccccc1)C(=O)OC(C)(C)C. The summed E-state index contributed by atoms with van der Waals surface area (Å²) in [5.41, 5.74) is -0.219. The summed E-state index contributed by atoms with van der Waals surface area (Å²) in [6, 6.07) is 12.9. The van der Waals surface area contributed by atoms with Gasteiger partial charge in [-0.25, -0.2) is 9.59 Å². The van der Waals surface area contributed by atoms with E-state index in [0.717, 1.165) is 5.56 Å². The van der Waals surface area contributed by atoms with Crippen LogP contribution in [0.15, 0.2) is 54.6 Å². The molecule has 0 saturated carbocycles. The summed E-state index contributed by atoms with van der Waals surface area (Å²) in [5.74, 6) is -2.96. The van der Waals surface area contributed by atoms with Gasteiger partial charge in [-0.2, -0.15) is 0 Å². The Kier molecular flexibility index (Phi) is 13.3. The minimum Gasteiger partial charge on any atom is -0.508 e. The van der Waals surface area contributed by atoms with E-state index in [0.29, 0.717) is 5.56 Å². The molecule has 6 N–H and O–H groups in total. The Hall–Kier alpha value is -4.65. The van der Waals surface area contributed by atoms with Gasteiger partial charge in [0, 0.05) is 6.42 Å². The number of aromatic hydroxyl groups is 1. The molecule has 0 spiro atoms. The number of alkyl carbamates (subject to hydrolysis) is 1.